The number of halogens is 2. The molecule has 1 unspecified atom stereocenters. The molecule has 0 aliphatic heterocycles. The Kier molecular flexibility index (Phi) is 4.51. The van der Waals surface area contributed by atoms with Gasteiger partial charge in [-0.2, -0.15) is 0 Å². The highest BCUT2D eigenvalue weighted by molar-refractivity contribution is 6.30. The van der Waals surface area contributed by atoms with Crippen LogP contribution in [0.1, 0.15) is 18.1 Å². The van der Waals surface area contributed by atoms with Crippen molar-refractivity contribution in [3.05, 3.63) is 34.6 Å². The summed E-state index contributed by atoms with van der Waals surface area (Å²) in [5.74, 6) is -0.450. The number of aliphatic hydroxyl groups is 1. The van der Waals surface area contributed by atoms with Crippen LogP contribution in [0.3, 0.4) is 0 Å². The topological polar surface area (TPSA) is 23.5 Å². The van der Waals surface area contributed by atoms with Crippen LogP contribution in [0.2, 0.25) is 5.02 Å². The highest BCUT2D eigenvalue weighted by Crippen LogP contribution is 2.22. The molecule has 0 fully saturated rings. The Bertz CT molecular complexity index is 330. The monoisotopic (exact) mass is 231 g/mol. The lowest BCUT2D eigenvalue weighted by molar-refractivity contribution is 0.150. The lowest BCUT2D eigenvalue weighted by Gasteiger charge is -2.15. The fourth-order valence-corrected chi connectivity index (χ4v) is 1.47. The van der Waals surface area contributed by atoms with E-state index < -0.39 is 11.9 Å². The van der Waals surface area contributed by atoms with E-state index in [1.54, 1.807) is 6.07 Å². The van der Waals surface area contributed by atoms with Gasteiger partial charge in [0, 0.05) is 17.1 Å². The predicted molar refractivity (Wildman–Crippen MR) is 59.5 cm³/mol. The highest BCUT2D eigenvalue weighted by Gasteiger charge is 2.12. The number of benzene rings is 1. The van der Waals surface area contributed by atoms with E-state index in [2.05, 4.69) is 0 Å². The number of rotatable bonds is 4. The summed E-state index contributed by atoms with van der Waals surface area (Å²) in [6.45, 7) is 0.712. The first-order chi connectivity index (χ1) is 7.00. The Hall–Kier alpha value is -0.640. The van der Waals surface area contributed by atoms with Crippen LogP contribution in [0.15, 0.2) is 18.2 Å². The molecule has 0 bridgehead atoms. The Balaban J connectivity index is 2.69. The molecule has 0 radical (unpaired) electrons. The molecule has 0 saturated heterocycles. The number of nitrogens with zero attached hydrogens (tertiary/aromatic N) is 1. The molecule has 1 N–H and O–H groups in total. The summed E-state index contributed by atoms with van der Waals surface area (Å²) in [4.78, 5) is 1.94. The Labute approximate surface area is 94.3 Å². The molecule has 0 aliphatic rings. The van der Waals surface area contributed by atoms with E-state index in [1.807, 2.05) is 19.0 Å². The lowest BCUT2D eigenvalue weighted by Crippen LogP contribution is -2.16. The average molecular weight is 232 g/mol. The summed E-state index contributed by atoms with van der Waals surface area (Å²) < 4.78 is 13.4. The van der Waals surface area contributed by atoms with E-state index >= 15 is 0 Å². The maximum Gasteiger partial charge on any atom is 0.130 e. The van der Waals surface area contributed by atoms with Gasteiger partial charge in [-0.1, -0.05) is 17.7 Å². The van der Waals surface area contributed by atoms with E-state index in [9.17, 15) is 9.50 Å². The predicted octanol–water partition coefficient (Wildman–Crippen LogP) is 2.46. The zero-order valence-corrected chi connectivity index (χ0v) is 9.63. The molecule has 2 nitrogen and oxygen atoms in total. The number of hydrogen-bond donors (Lipinski definition) is 1. The third-order valence-corrected chi connectivity index (χ3v) is 2.41. The lowest BCUT2D eigenvalue weighted by atomic mass is 10.1. The van der Waals surface area contributed by atoms with Crippen LogP contribution < -0.4 is 0 Å². The summed E-state index contributed by atoms with van der Waals surface area (Å²) in [7, 11) is 3.82. The van der Waals surface area contributed by atoms with Gasteiger partial charge in [0.1, 0.15) is 5.82 Å². The van der Waals surface area contributed by atoms with Gasteiger partial charge in [-0.05, 0) is 32.6 Å². The van der Waals surface area contributed by atoms with Gasteiger partial charge in [-0.3, -0.25) is 0 Å². The first-order valence-electron chi connectivity index (χ1n) is 4.78. The molecule has 4 heteroatoms. The van der Waals surface area contributed by atoms with Gasteiger partial charge in [0.15, 0.2) is 0 Å². The van der Waals surface area contributed by atoms with E-state index in [1.165, 1.54) is 12.1 Å². The molecule has 1 rings (SSSR count). The maximum atomic E-state index is 13.4. The fraction of sp³-hybridized carbons (Fsp3) is 0.455. The second kappa shape index (κ2) is 5.45. The molecular formula is C11H15ClFNO. The van der Waals surface area contributed by atoms with Crippen LogP contribution in [0.5, 0.6) is 0 Å². The second-order valence-corrected chi connectivity index (χ2v) is 4.21. The van der Waals surface area contributed by atoms with Crippen molar-refractivity contribution in [2.24, 2.45) is 0 Å². The van der Waals surface area contributed by atoms with Crippen molar-refractivity contribution in [3.63, 3.8) is 0 Å². The van der Waals surface area contributed by atoms with E-state index in [0.717, 1.165) is 0 Å². The maximum absolute atomic E-state index is 13.4. The van der Waals surface area contributed by atoms with Crippen LogP contribution >= 0.6 is 11.6 Å². The SMILES string of the molecule is CN(C)CCC(O)c1ccc(Cl)cc1F. The molecule has 1 aromatic carbocycles. The highest BCUT2D eigenvalue weighted by atomic mass is 35.5. The molecule has 0 aliphatic carbocycles. The molecular weight excluding hydrogens is 217 g/mol. The first-order valence-corrected chi connectivity index (χ1v) is 5.16. The largest absolute Gasteiger partial charge is 0.388 e. The molecule has 15 heavy (non-hydrogen) atoms. The van der Waals surface area contributed by atoms with E-state index in [0.29, 0.717) is 23.6 Å². The van der Waals surface area contributed by atoms with Crippen LogP contribution in [0.4, 0.5) is 4.39 Å². The Morgan fingerprint density at radius 1 is 1.47 bits per heavy atom. The van der Waals surface area contributed by atoms with Crippen molar-refractivity contribution in [3.8, 4) is 0 Å². The van der Waals surface area contributed by atoms with Crippen LogP contribution in [-0.2, 0) is 0 Å². The normalized spacial score (nSPS) is 13.2. The number of aliphatic hydroxyl groups excluding tert-OH is 1. The zero-order chi connectivity index (χ0) is 11.4. The molecule has 1 aromatic rings. The number of hydrogen-bond acceptors (Lipinski definition) is 2. The van der Waals surface area contributed by atoms with Crippen molar-refractivity contribution in [2.45, 2.75) is 12.5 Å². The molecule has 0 saturated carbocycles. The van der Waals surface area contributed by atoms with Crippen LogP contribution in [-0.4, -0.2) is 30.6 Å². The van der Waals surface area contributed by atoms with E-state index in [-0.39, 0.29) is 0 Å². The smallest absolute Gasteiger partial charge is 0.130 e. The minimum absolute atomic E-state index is 0.307. The summed E-state index contributed by atoms with van der Waals surface area (Å²) >= 11 is 5.62. The molecule has 0 aromatic heterocycles. The van der Waals surface area contributed by atoms with Gasteiger partial charge in [-0.15, -0.1) is 0 Å². The van der Waals surface area contributed by atoms with Gasteiger partial charge in [0.05, 0.1) is 6.10 Å². The zero-order valence-electron chi connectivity index (χ0n) is 8.87. The Morgan fingerprint density at radius 3 is 2.67 bits per heavy atom. The molecule has 0 spiro atoms. The third kappa shape index (κ3) is 3.78. The van der Waals surface area contributed by atoms with Gasteiger partial charge < -0.3 is 10.0 Å². The second-order valence-electron chi connectivity index (χ2n) is 3.77. The molecule has 84 valence electrons. The minimum Gasteiger partial charge on any atom is -0.388 e. The van der Waals surface area contributed by atoms with Gasteiger partial charge >= 0.3 is 0 Å². The van der Waals surface area contributed by atoms with E-state index in [4.69, 9.17) is 11.6 Å². The third-order valence-electron chi connectivity index (χ3n) is 2.17. The van der Waals surface area contributed by atoms with Crippen molar-refractivity contribution in [1.29, 1.82) is 0 Å². The summed E-state index contributed by atoms with van der Waals surface area (Å²) in [5, 5.41) is 10.1. The molecule has 1 atom stereocenters. The molecule has 0 heterocycles. The Morgan fingerprint density at radius 2 is 2.13 bits per heavy atom. The quantitative estimate of drug-likeness (QED) is 0.861. The standard InChI is InChI=1S/C11H15ClFNO/c1-14(2)6-5-11(15)9-4-3-8(12)7-10(9)13/h3-4,7,11,15H,5-6H2,1-2H3. The fourth-order valence-electron chi connectivity index (χ4n) is 1.31. The molecule has 0 amide bonds. The van der Waals surface area contributed by atoms with Gasteiger partial charge in [0.25, 0.3) is 0 Å². The summed E-state index contributed by atoms with van der Waals surface area (Å²) in [5.41, 5.74) is 0.307. The van der Waals surface area contributed by atoms with Crippen molar-refractivity contribution < 1.29 is 9.50 Å². The van der Waals surface area contributed by atoms with Crippen molar-refractivity contribution in [2.75, 3.05) is 20.6 Å². The van der Waals surface area contributed by atoms with Crippen LogP contribution in [0.25, 0.3) is 0 Å². The van der Waals surface area contributed by atoms with Gasteiger partial charge in [0.2, 0.25) is 0 Å². The van der Waals surface area contributed by atoms with Crippen molar-refractivity contribution >= 4 is 11.6 Å². The average Bonchev–Trinajstić information content (AvgIpc) is 2.14. The first kappa shape index (κ1) is 12.4. The summed E-state index contributed by atoms with van der Waals surface area (Å²) in [6, 6.07) is 4.33. The van der Waals surface area contributed by atoms with Gasteiger partial charge in [-0.25, -0.2) is 4.39 Å². The summed E-state index contributed by atoms with van der Waals surface area (Å²) in [6.07, 6.45) is -0.268. The van der Waals surface area contributed by atoms with Crippen molar-refractivity contribution in [1.82, 2.24) is 4.90 Å². The van der Waals surface area contributed by atoms with Crippen LogP contribution in [0, 0.1) is 5.82 Å². The minimum atomic E-state index is -0.773.